The fourth-order valence-electron chi connectivity index (χ4n) is 2.49. The summed E-state index contributed by atoms with van der Waals surface area (Å²) >= 11 is 12.5. The van der Waals surface area contributed by atoms with Crippen LogP contribution in [0, 0.1) is 0 Å². The Balaban J connectivity index is 1.93. The molecule has 0 atom stereocenters. The summed E-state index contributed by atoms with van der Waals surface area (Å²) in [6.07, 6.45) is 1.37. The van der Waals surface area contributed by atoms with Crippen molar-refractivity contribution < 1.29 is 14.3 Å². The predicted octanol–water partition coefficient (Wildman–Crippen LogP) is 4.24. The van der Waals surface area contributed by atoms with E-state index in [1.54, 1.807) is 36.4 Å². The predicted molar refractivity (Wildman–Crippen MR) is 102 cm³/mol. The number of nitrogens with zero attached hydrogens (tertiary/aromatic N) is 1. The standard InChI is InChI=1S/C19H16Cl2N2O3/c1-11(2)26-17-15(20)9-12(10-16(17)21)8-14-18(24)22-23(19(14)25)13-6-4-3-5-7-13/h3-11H,1-2H3,(H,22,24). The maximum atomic E-state index is 12.6. The van der Waals surface area contributed by atoms with Crippen LogP contribution in [-0.2, 0) is 9.59 Å². The maximum Gasteiger partial charge on any atom is 0.282 e. The molecule has 26 heavy (non-hydrogen) atoms. The number of para-hydroxylation sites is 1. The fourth-order valence-corrected chi connectivity index (χ4v) is 3.09. The second kappa shape index (κ2) is 7.40. The highest BCUT2D eigenvalue weighted by Crippen LogP contribution is 2.36. The SMILES string of the molecule is CC(C)Oc1c(Cl)cc(C=C2C(=O)NN(c3ccccc3)C2=O)cc1Cl. The van der Waals surface area contributed by atoms with Crippen molar-refractivity contribution in [3.8, 4) is 5.75 Å². The minimum absolute atomic E-state index is 0.00138. The van der Waals surface area contributed by atoms with Crippen LogP contribution in [0.2, 0.25) is 10.0 Å². The van der Waals surface area contributed by atoms with Gasteiger partial charge in [0.05, 0.1) is 21.8 Å². The number of benzene rings is 2. The summed E-state index contributed by atoms with van der Waals surface area (Å²) in [6.45, 7) is 3.73. The highest BCUT2D eigenvalue weighted by Gasteiger charge is 2.34. The number of rotatable bonds is 4. The molecule has 0 aromatic heterocycles. The smallest absolute Gasteiger partial charge is 0.282 e. The molecular formula is C19H16Cl2N2O3. The van der Waals surface area contributed by atoms with Gasteiger partial charge in [0.25, 0.3) is 11.8 Å². The molecule has 1 aliphatic heterocycles. The number of hydrogen-bond acceptors (Lipinski definition) is 3. The number of amides is 2. The quantitative estimate of drug-likeness (QED) is 0.627. The maximum absolute atomic E-state index is 12.6. The monoisotopic (exact) mass is 390 g/mol. The van der Waals surface area contributed by atoms with Gasteiger partial charge in [-0.05, 0) is 49.8 Å². The lowest BCUT2D eigenvalue weighted by atomic mass is 10.1. The van der Waals surface area contributed by atoms with Crippen LogP contribution in [0.3, 0.4) is 0 Å². The first-order chi connectivity index (χ1) is 12.4. The van der Waals surface area contributed by atoms with Crippen LogP contribution < -0.4 is 15.2 Å². The fraction of sp³-hybridized carbons (Fsp3) is 0.158. The Morgan fingerprint density at radius 1 is 1.08 bits per heavy atom. The van der Waals surface area contributed by atoms with E-state index >= 15 is 0 Å². The normalized spacial score (nSPS) is 15.7. The van der Waals surface area contributed by atoms with E-state index in [1.807, 2.05) is 19.9 Å². The van der Waals surface area contributed by atoms with Crippen LogP contribution in [0.25, 0.3) is 6.08 Å². The van der Waals surface area contributed by atoms with Gasteiger partial charge in [-0.3, -0.25) is 15.0 Å². The van der Waals surface area contributed by atoms with Gasteiger partial charge in [0.1, 0.15) is 5.57 Å². The largest absolute Gasteiger partial charge is 0.488 e. The third kappa shape index (κ3) is 3.69. The number of ether oxygens (including phenoxy) is 1. The number of carbonyl (C=O) groups is 2. The second-order valence-electron chi connectivity index (χ2n) is 5.96. The summed E-state index contributed by atoms with van der Waals surface area (Å²) in [4.78, 5) is 24.8. The molecule has 0 bridgehead atoms. The molecule has 0 spiro atoms. The molecule has 2 aromatic carbocycles. The molecule has 1 heterocycles. The molecule has 7 heteroatoms. The van der Waals surface area contributed by atoms with Crippen molar-refractivity contribution in [1.29, 1.82) is 0 Å². The Bertz CT molecular complexity index is 872. The van der Waals surface area contributed by atoms with E-state index in [1.165, 1.54) is 11.1 Å². The van der Waals surface area contributed by atoms with Gasteiger partial charge in [-0.1, -0.05) is 41.4 Å². The molecule has 0 aliphatic carbocycles. The van der Waals surface area contributed by atoms with Gasteiger partial charge < -0.3 is 4.74 Å². The van der Waals surface area contributed by atoms with Crippen molar-refractivity contribution in [2.24, 2.45) is 0 Å². The van der Waals surface area contributed by atoms with E-state index in [4.69, 9.17) is 27.9 Å². The van der Waals surface area contributed by atoms with Crippen LogP contribution in [-0.4, -0.2) is 17.9 Å². The Hall–Kier alpha value is -2.50. The van der Waals surface area contributed by atoms with Crippen LogP contribution in [0.5, 0.6) is 5.75 Å². The molecule has 5 nitrogen and oxygen atoms in total. The number of halogens is 2. The van der Waals surface area contributed by atoms with E-state index in [9.17, 15) is 9.59 Å². The first-order valence-corrected chi connectivity index (χ1v) is 8.70. The Morgan fingerprint density at radius 3 is 2.27 bits per heavy atom. The van der Waals surface area contributed by atoms with Crippen LogP contribution >= 0.6 is 23.2 Å². The zero-order chi connectivity index (χ0) is 18.8. The molecule has 0 unspecified atom stereocenters. The first-order valence-electron chi connectivity index (χ1n) is 7.94. The summed E-state index contributed by atoms with van der Waals surface area (Å²) in [5.74, 6) is -0.567. The Kier molecular flexibility index (Phi) is 5.20. The molecule has 2 amide bonds. The lowest BCUT2D eigenvalue weighted by molar-refractivity contribution is -0.117. The summed E-state index contributed by atoms with van der Waals surface area (Å²) in [5, 5.41) is 1.82. The zero-order valence-electron chi connectivity index (χ0n) is 14.1. The van der Waals surface area contributed by atoms with Gasteiger partial charge in [-0.25, -0.2) is 5.01 Å². The number of carbonyl (C=O) groups excluding carboxylic acids is 2. The molecule has 0 saturated carbocycles. The molecule has 3 rings (SSSR count). The van der Waals surface area contributed by atoms with Gasteiger partial charge >= 0.3 is 0 Å². The van der Waals surface area contributed by atoms with Gasteiger partial charge in [-0.15, -0.1) is 0 Å². The molecule has 1 saturated heterocycles. The molecule has 2 aromatic rings. The highest BCUT2D eigenvalue weighted by molar-refractivity contribution is 6.37. The minimum Gasteiger partial charge on any atom is -0.488 e. The van der Waals surface area contributed by atoms with Crippen molar-refractivity contribution >= 4 is 46.8 Å². The van der Waals surface area contributed by atoms with Crippen LogP contribution in [0.15, 0.2) is 48.0 Å². The Labute approximate surface area is 161 Å². The minimum atomic E-state index is -0.492. The third-order valence-electron chi connectivity index (χ3n) is 3.59. The number of hydrogen-bond donors (Lipinski definition) is 1. The number of hydrazine groups is 1. The number of nitrogens with one attached hydrogen (secondary N) is 1. The van der Waals surface area contributed by atoms with E-state index < -0.39 is 11.8 Å². The summed E-state index contributed by atoms with van der Waals surface area (Å²) in [7, 11) is 0. The number of anilines is 1. The summed E-state index contributed by atoms with van der Waals surface area (Å²) < 4.78 is 5.58. The van der Waals surface area contributed by atoms with Crippen molar-refractivity contribution in [2.75, 3.05) is 5.01 Å². The molecule has 1 aliphatic rings. The van der Waals surface area contributed by atoms with Gasteiger partial charge in [0.15, 0.2) is 5.75 Å². The Morgan fingerprint density at radius 2 is 1.69 bits per heavy atom. The van der Waals surface area contributed by atoms with E-state index in [0.717, 1.165) is 0 Å². The molecule has 1 fully saturated rings. The van der Waals surface area contributed by atoms with Crippen molar-refractivity contribution in [2.45, 2.75) is 20.0 Å². The average molecular weight is 391 g/mol. The van der Waals surface area contributed by atoms with Crippen molar-refractivity contribution in [3.63, 3.8) is 0 Å². The lowest BCUT2D eigenvalue weighted by Gasteiger charge is -2.14. The lowest BCUT2D eigenvalue weighted by Crippen LogP contribution is -2.35. The molecular weight excluding hydrogens is 375 g/mol. The van der Waals surface area contributed by atoms with Gasteiger partial charge in [-0.2, -0.15) is 0 Å². The third-order valence-corrected chi connectivity index (χ3v) is 4.15. The van der Waals surface area contributed by atoms with Crippen LogP contribution in [0.4, 0.5) is 5.69 Å². The van der Waals surface area contributed by atoms with Gasteiger partial charge in [0, 0.05) is 0 Å². The highest BCUT2D eigenvalue weighted by atomic mass is 35.5. The first kappa shape index (κ1) is 18.3. The van der Waals surface area contributed by atoms with Gasteiger partial charge in [0.2, 0.25) is 0 Å². The van der Waals surface area contributed by atoms with E-state index in [-0.39, 0.29) is 11.7 Å². The molecule has 0 radical (unpaired) electrons. The molecule has 1 N–H and O–H groups in total. The topological polar surface area (TPSA) is 58.6 Å². The zero-order valence-corrected chi connectivity index (χ0v) is 15.6. The van der Waals surface area contributed by atoms with E-state index in [0.29, 0.717) is 27.0 Å². The second-order valence-corrected chi connectivity index (χ2v) is 6.77. The van der Waals surface area contributed by atoms with E-state index in [2.05, 4.69) is 5.43 Å². The molecule has 134 valence electrons. The van der Waals surface area contributed by atoms with Crippen molar-refractivity contribution in [3.05, 3.63) is 63.6 Å². The summed E-state index contributed by atoms with van der Waals surface area (Å²) in [6, 6.07) is 12.0. The van der Waals surface area contributed by atoms with Crippen molar-refractivity contribution in [1.82, 2.24) is 5.43 Å². The average Bonchev–Trinajstić information content (AvgIpc) is 2.87. The summed E-state index contributed by atoms with van der Waals surface area (Å²) in [5.41, 5.74) is 3.65. The van der Waals surface area contributed by atoms with Crippen LogP contribution in [0.1, 0.15) is 19.4 Å².